The van der Waals surface area contributed by atoms with Crippen LogP contribution in [0.2, 0.25) is 0 Å². The van der Waals surface area contributed by atoms with Gasteiger partial charge in [0.15, 0.2) is 0 Å². The molecule has 0 aliphatic rings. The average Bonchev–Trinajstić information content (AvgIpc) is 3.11. The van der Waals surface area contributed by atoms with Crippen molar-refractivity contribution in [2.24, 2.45) is 0 Å². The normalized spacial score (nSPS) is 11.9. The molecule has 0 radical (unpaired) electrons. The van der Waals surface area contributed by atoms with Crippen LogP contribution in [0.4, 0.5) is 0 Å². The maximum absolute atomic E-state index is 12.7. The first-order valence-electron chi connectivity index (χ1n) is 22.7. The van der Waals surface area contributed by atoms with E-state index in [1.165, 1.54) is 167 Å². The van der Waals surface area contributed by atoms with Gasteiger partial charge in [-0.05, 0) is 38.5 Å². The summed E-state index contributed by atoms with van der Waals surface area (Å²) in [7, 11) is 0. The van der Waals surface area contributed by atoms with Crippen LogP contribution in [0.3, 0.4) is 0 Å². The number of ether oxygens (including phenoxy) is 1. The van der Waals surface area contributed by atoms with Gasteiger partial charge in [0, 0.05) is 12.8 Å². The second-order valence-electron chi connectivity index (χ2n) is 15.7. The van der Waals surface area contributed by atoms with E-state index in [0.717, 1.165) is 64.2 Å². The number of aliphatic carboxylic acids is 1. The van der Waals surface area contributed by atoms with Crippen molar-refractivity contribution >= 4 is 17.8 Å². The molecule has 0 rings (SSSR count). The third-order valence-corrected chi connectivity index (χ3v) is 10.5. The van der Waals surface area contributed by atoms with Crippen molar-refractivity contribution in [1.82, 2.24) is 5.32 Å². The highest BCUT2D eigenvalue weighted by Gasteiger charge is 2.14. The lowest BCUT2D eigenvalue weighted by Gasteiger charge is -2.18. The molecule has 0 aromatic heterocycles. The van der Waals surface area contributed by atoms with Crippen molar-refractivity contribution in [3.05, 3.63) is 0 Å². The van der Waals surface area contributed by atoms with Crippen LogP contribution in [-0.4, -0.2) is 35.6 Å². The predicted octanol–water partition coefficient (Wildman–Crippen LogP) is 14.0. The van der Waals surface area contributed by atoms with Crippen LogP contribution in [0, 0.1) is 0 Å². The number of carboxylic acid groups (broad SMARTS) is 1. The Labute approximate surface area is 317 Å². The van der Waals surface area contributed by atoms with Crippen molar-refractivity contribution in [2.45, 2.75) is 264 Å². The molecule has 0 aliphatic carbocycles. The first-order valence-corrected chi connectivity index (χ1v) is 22.7. The van der Waals surface area contributed by atoms with Gasteiger partial charge >= 0.3 is 11.9 Å². The molecule has 0 bridgehead atoms. The van der Waals surface area contributed by atoms with Crippen molar-refractivity contribution in [1.29, 1.82) is 0 Å². The van der Waals surface area contributed by atoms with Crippen LogP contribution < -0.4 is 5.32 Å². The number of amides is 1. The van der Waals surface area contributed by atoms with Crippen molar-refractivity contribution in [3.8, 4) is 0 Å². The molecule has 0 heterocycles. The number of nitrogens with one attached hydrogen (secondary N) is 1. The molecule has 0 aromatic carbocycles. The zero-order valence-corrected chi connectivity index (χ0v) is 34.2. The Morgan fingerprint density at radius 1 is 0.431 bits per heavy atom. The standard InChI is InChI=1S/C45H87NO5/c1-3-5-7-9-11-13-14-15-16-17-18-19-20-21-22-23-24-25-27-32-36-40-45(50)51-42(37-33-29-26-12-10-8-6-4-2)38-34-30-28-31-35-39-43(47)46-41-44(48)49/h42H,3-41H2,1-2H3,(H,46,47)(H,48,49). The third kappa shape index (κ3) is 41.0. The summed E-state index contributed by atoms with van der Waals surface area (Å²) in [5.74, 6) is -1.21. The molecule has 302 valence electrons. The number of unbranched alkanes of at least 4 members (excludes halogenated alkanes) is 31. The van der Waals surface area contributed by atoms with E-state index in [-0.39, 0.29) is 24.5 Å². The monoisotopic (exact) mass is 722 g/mol. The number of esters is 1. The van der Waals surface area contributed by atoms with Gasteiger partial charge in [-0.1, -0.05) is 206 Å². The van der Waals surface area contributed by atoms with E-state index >= 15 is 0 Å². The molecule has 1 atom stereocenters. The molecular weight excluding hydrogens is 634 g/mol. The lowest BCUT2D eigenvalue weighted by Crippen LogP contribution is -2.28. The van der Waals surface area contributed by atoms with Crippen LogP contribution in [0.1, 0.15) is 258 Å². The maximum Gasteiger partial charge on any atom is 0.322 e. The van der Waals surface area contributed by atoms with Gasteiger partial charge in [0.1, 0.15) is 12.6 Å². The second-order valence-corrected chi connectivity index (χ2v) is 15.7. The topological polar surface area (TPSA) is 92.7 Å². The lowest BCUT2D eigenvalue weighted by atomic mass is 10.0. The average molecular weight is 722 g/mol. The largest absolute Gasteiger partial charge is 0.480 e. The van der Waals surface area contributed by atoms with Gasteiger partial charge in [-0.3, -0.25) is 14.4 Å². The Morgan fingerprint density at radius 3 is 1.06 bits per heavy atom. The fourth-order valence-corrected chi connectivity index (χ4v) is 7.16. The molecule has 6 nitrogen and oxygen atoms in total. The Hall–Kier alpha value is -1.59. The SMILES string of the molecule is CCCCCCCCCCCCCCCCCCCCCCCC(=O)OC(CCCCCCCCCC)CCCCCCCC(=O)NCC(=O)O. The van der Waals surface area contributed by atoms with Gasteiger partial charge < -0.3 is 15.2 Å². The van der Waals surface area contributed by atoms with E-state index in [9.17, 15) is 14.4 Å². The number of rotatable bonds is 42. The fourth-order valence-electron chi connectivity index (χ4n) is 7.16. The molecule has 1 unspecified atom stereocenters. The Bertz CT molecular complexity index is 757. The van der Waals surface area contributed by atoms with E-state index < -0.39 is 5.97 Å². The van der Waals surface area contributed by atoms with Crippen LogP contribution >= 0.6 is 0 Å². The summed E-state index contributed by atoms with van der Waals surface area (Å²) in [6.07, 6.45) is 46.7. The third-order valence-electron chi connectivity index (χ3n) is 10.5. The van der Waals surface area contributed by atoms with Crippen molar-refractivity contribution in [3.63, 3.8) is 0 Å². The first kappa shape index (κ1) is 49.4. The Kier molecular flexibility index (Phi) is 39.9. The molecule has 0 aliphatic heterocycles. The summed E-state index contributed by atoms with van der Waals surface area (Å²) in [6.45, 7) is 4.24. The van der Waals surface area contributed by atoms with Crippen LogP contribution in [0.15, 0.2) is 0 Å². The van der Waals surface area contributed by atoms with Crippen LogP contribution in [0.5, 0.6) is 0 Å². The summed E-state index contributed by atoms with van der Waals surface area (Å²) in [5, 5.41) is 11.1. The van der Waals surface area contributed by atoms with E-state index in [4.69, 9.17) is 9.84 Å². The molecule has 0 aromatic rings. The zero-order chi connectivity index (χ0) is 37.3. The fraction of sp³-hybridized carbons (Fsp3) is 0.933. The molecule has 51 heavy (non-hydrogen) atoms. The highest BCUT2D eigenvalue weighted by atomic mass is 16.5. The molecule has 2 N–H and O–H groups in total. The minimum absolute atomic E-state index is 0.00950. The quantitative estimate of drug-likeness (QED) is 0.0483. The summed E-state index contributed by atoms with van der Waals surface area (Å²) in [4.78, 5) is 35.0. The van der Waals surface area contributed by atoms with E-state index in [0.29, 0.717) is 12.8 Å². The Balaban J connectivity index is 3.89. The van der Waals surface area contributed by atoms with E-state index in [1.807, 2.05) is 0 Å². The van der Waals surface area contributed by atoms with Crippen LogP contribution in [0.25, 0.3) is 0 Å². The molecule has 0 spiro atoms. The highest BCUT2D eigenvalue weighted by molar-refractivity contribution is 5.80. The highest BCUT2D eigenvalue weighted by Crippen LogP contribution is 2.19. The van der Waals surface area contributed by atoms with Crippen molar-refractivity contribution in [2.75, 3.05) is 6.54 Å². The minimum atomic E-state index is -1.01. The van der Waals surface area contributed by atoms with Gasteiger partial charge in [-0.2, -0.15) is 0 Å². The molecule has 0 saturated carbocycles. The van der Waals surface area contributed by atoms with Gasteiger partial charge in [0.2, 0.25) is 5.91 Å². The van der Waals surface area contributed by atoms with Crippen molar-refractivity contribution < 1.29 is 24.2 Å². The lowest BCUT2D eigenvalue weighted by molar-refractivity contribution is -0.150. The summed E-state index contributed by atoms with van der Waals surface area (Å²) >= 11 is 0. The summed E-state index contributed by atoms with van der Waals surface area (Å²) in [5.41, 5.74) is 0. The number of hydrogen-bond acceptors (Lipinski definition) is 4. The molecule has 1 amide bonds. The smallest absolute Gasteiger partial charge is 0.322 e. The summed E-state index contributed by atoms with van der Waals surface area (Å²) in [6, 6.07) is 0. The summed E-state index contributed by atoms with van der Waals surface area (Å²) < 4.78 is 6.02. The van der Waals surface area contributed by atoms with Gasteiger partial charge in [0.25, 0.3) is 0 Å². The number of carboxylic acids is 1. The number of carbonyl (C=O) groups is 3. The zero-order valence-electron chi connectivity index (χ0n) is 34.2. The predicted molar refractivity (Wildman–Crippen MR) is 217 cm³/mol. The number of carbonyl (C=O) groups excluding carboxylic acids is 2. The first-order chi connectivity index (χ1) is 25.0. The minimum Gasteiger partial charge on any atom is -0.480 e. The van der Waals surface area contributed by atoms with E-state index in [2.05, 4.69) is 19.2 Å². The van der Waals surface area contributed by atoms with Gasteiger partial charge in [0.05, 0.1) is 0 Å². The molecule has 6 heteroatoms. The van der Waals surface area contributed by atoms with Gasteiger partial charge in [-0.15, -0.1) is 0 Å². The Morgan fingerprint density at radius 2 is 0.725 bits per heavy atom. The van der Waals surface area contributed by atoms with E-state index in [1.54, 1.807) is 0 Å². The molecule has 0 saturated heterocycles. The van der Waals surface area contributed by atoms with Gasteiger partial charge in [-0.25, -0.2) is 0 Å². The second kappa shape index (κ2) is 41.2. The molecule has 0 fully saturated rings. The number of hydrogen-bond donors (Lipinski definition) is 2. The maximum atomic E-state index is 12.7. The van der Waals surface area contributed by atoms with Crippen LogP contribution in [-0.2, 0) is 19.1 Å². The molecular formula is C45H87NO5.